The highest BCUT2D eigenvalue weighted by Crippen LogP contribution is 2.54. The highest BCUT2D eigenvalue weighted by atomic mass is 15.3. The number of hydrogen-bond acceptors (Lipinski definition) is 3. The molecule has 0 amide bonds. The molecule has 1 N–H and O–H groups in total. The zero-order valence-electron chi connectivity index (χ0n) is 30.6. The minimum Gasteiger partial charge on any atom is -0.344 e. The minimum atomic E-state index is -0.343. The summed E-state index contributed by atoms with van der Waals surface area (Å²) in [5, 5.41) is 13.7. The fourth-order valence-corrected chi connectivity index (χ4v) is 9.87. The smallest absolute Gasteiger partial charge is 0.234 e. The van der Waals surface area contributed by atoms with Crippen LogP contribution in [0.2, 0.25) is 0 Å². The number of aliphatic imine (C=N–C) groups is 2. The van der Waals surface area contributed by atoms with Gasteiger partial charge >= 0.3 is 0 Å². The molecule has 12 rings (SSSR count). The topological polar surface area (TPSA) is 41.7 Å². The van der Waals surface area contributed by atoms with E-state index in [4.69, 9.17) is 9.98 Å². The van der Waals surface area contributed by atoms with Gasteiger partial charge in [-0.3, -0.25) is 4.57 Å². The Bertz CT molecular complexity index is 3250. The van der Waals surface area contributed by atoms with Gasteiger partial charge in [-0.1, -0.05) is 141 Å². The van der Waals surface area contributed by atoms with E-state index in [-0.39, 0.29) is 11.6 Å². The number of nitrogens with zero attached hydrogens (tertiary/aromatic N) is 3. The molecule has 260 valence electrons. The van der Waals surface area contributed by atoms with Crippen LogP contribution in [0.15, 0.2) is 162 Å². The lowest BCUT2D eigenvalue weighted by Crippen LogP contribution is -2.35. The maximum atomic E-state index is 5.51. The van der Waals surface area contributed by atoms with Crippen molar-refractivity contribution in [2.75, 3.05) is 0 Å². The lowest BCUT2D eigenvalue weighted by atomic mass is 9.78. The molecule has 0 spiro atoms. The van der Waals surface area contributed by atoms with Crippen molar-refractivity contribution in [2.45, 2.75) is 31.8 Å². The highest BCUT2D eigenvalue weighted by Gasteiger charge is 2.38. The van der Waals surface area contributed by atoms with E-state index in [9.17, 15) is 0 Å². The van der Waals surface area contributed by atoms with E-state index < -0.39 is 0 Å². The number of fused-ring (bicyclic) bond motifs is 10. The van der Waals surface area contributed by atoms with Gasteiger partial charge in [-0.15, -0.1) is 0 Å². The Balaban J connectivity index is 1.15. The molecule has 3 aliphatic rings. The summed E-state index contributed by atoms with van der Waals surface area (Å²) in [7, 11) is 0. The van der Waals surface area contributed by atoms with Crippen molar-refractivity contribution in [2.24, 2.45) is 9.98 Å². The summed E-state index contributed by atoms with van der Waals surface area (Å²) in [4.78, 5) is 11.0. The van der Waals surface area contributed by atoms with Gasteiger partial charge < -0.3 is 5.32 Å². The van der Waals surface area contributed by atoms with Gasteiger partial charge in [0, 0.05) is 21.8 Å². The first-order valence-corrected chi connectivity index (χ1v) is 19.3. The molecule has 1 unspecified atom stereocenters. The molecule has 0 saturated heterocycles. The first-order chi connectivity index (χ1) is 27.0. The average Bonchev–Trinajstić information content (AvgIpc) is 3.69. The molecule has 55 heavy (non-hydrogen) atoms. The van der Waals surface area contributed by atoms with Gasteiger partial charge in [0.25, 0.3) is 0 Å². The maximum Gasteiger partial charge on any atom is 0.234 e. The van der Waals surface area contributed by atoms with E-state index in [0.717, 1.165) is 28.9 Å². The summed E-state index contributed by atoms with van der Waals surface area (Å²) in [6.07, 6.45) is 5.16. The molecular formula is C51H36N4. The molecule has 1 aromatic heterocycles. The second kappa shape index (κ2) is 11.1. The molecule has 0 bridgehead atoms. The number of amidine groups is 1. The third-order valence-corrected chi connectivity index (χ3v) is 12.4. The van der Waals surface area contributed by atoms with Gasteiger partial charge in [-0.05, 0) is 108 Å². The third kappa shape index (κ3) is 4.34. The Morgan fingerprint density at radius 3 is 2.24 bits per heavy atom. The highest BCUT2D eigenvalue weighted by molar-refractivity contribution is 6.23. The molecule has 4 nitrogen and oxygen atoms in total. The van der Waals surface area contributed by atoms with Crippen molar-refractivity contribution in [3.8, 4) is 11.1 Å². The maximum absolute atomic E-state index is 5.51. The van der Waals surface area contributed by atoms with E-state index in [1.165, 1.54) is 82.0 Å². The molecule has 8 aromatic carbocycles. The number of nitrogens with one attached hydrogen (secondary N) is 1. The second-order valence-corrected chi connectivity index (χ2v) is 15.8. The minimum absolute atomic E-state index is 0.125. The predicted octanol–water partition coefficient (Wildman–Crippen LogP) is 12.1. The quantitative estimate of drug-likeness (QED) is 0.191. The fraction of sp³-hybridized carbons (Fsp3) is 0.0980. The van der Waals surface area contributed by atoms with Crippen LogP contribution in [0.25, 0.3) is 71.3 Å². The van der Waals surface area contributed by atoms with E-state index >= 15 is 0 Å². The molecule has 2 aliphatic carbocycles. The Morgan fingerprint density at radius 2 is 1.38 bits per heavy atom. The number of benzene rings is 8. The van der Waals surface area contributed by atoms with Gasteiger partial charge in [-0.2, -0.15) is 4.99 Å². The predicted molar refractivity (Wildman–Crippen MR) is 230 cm³/mol. The zero-order chi connectivity index (χ0) is 36.4. The Labute approximate surface area is 318 Å². The summed E-state index contributed by atoms with van der Waals surface area (Å²) in [6.45, 7) is 4.79. The Kier molecular flexibility index (Phi) is 6.20. The van der Waals surface area contributed by atoms with Crippen LogP contribution >= 0.6 is 0 Å². The molecule has 1 atom stereocenters. The summed E-state index contributed by atoms with van der Waals surface area (Å²) in [6, 6.07) is 53.0. The molecule has 2 heterocycles. The fourth-order valence-electron chi connectivity index (χ4n) is 9.87. The largest absolute Gasteiger partial charge is 0.344 e. The van der Waals surface area contributed by atoms with Crippen molar-refractivity contribution in [1.29, 1.82) is 0 Å². The van der Waals surface area contributed by atoms with Crippen molar-refractivity contribution in [3.05, 3.63) is 185 Å². The summed E-state index contributed by atoms with van der Waals surface area (Å²) < 4.78 is 2.35. The first kappa shape index (κ1) is 30.7. The molecule has 4 heteroatoms. The summed E-state index contributed by atoms with van der Waals surface area (Å²) in [5.74, 6) is 1.50. The van der Waals surface area contributed by atoms with Gasteiger partial charge in [0.15, 0.2) is 0 Å². The van der Waals surface area contributed by atoms with Crippen molar-refractivity contribution in [1.82, 2.24) is 9.88 Å². The Morgan fingerprint density at radius 1 is 0.655 bits per heavy atom. The van der Waals surface area contributed by atoms with Crippen LogP contribution in [0.3, 0.4) is 0 Å². The SMILES string of the molecule is CC1(C)c2ccccc2-c2cc3c4c(c5c(cc4c21)c1ccccc1n5C1=NC(c2ccc4ccccc4c2)NC(c2ccc4ccccc4c2)=N1)CC=C3. The van der Waals surface area contributed by atoms with Crippen molar-refractivity contribution < 1.29 is 0 Å². The van der Waals surface area contributed by atoms with Crippen LogP contribution in [0, 0.1) is 0 Å². The van der Waals surface area contributed by atoms with Gasteiger partial charge in [0.05, 0.1) is 11.0 Å². The third-order valence-electron chi connectivity index (χ3n) is 12.4. The average molecular weight is 705 g/mol. The van der Waals surface area contributed by atoms with E-state index in [2.05, 4.69) is 181 Å². The molecular weight excluding hydrogens is 669 g/mol. The normalized spacial score (nSPS) is 16.7. The monoisotopic (exact) mass is 704 g/mol. The summed E-state index contributed by atoms with van der Waals surface area (Å²) >= 11 is 0. The lowest BCUT2D eigenvalue weighted by molar-refractivity contribution is 0.666. The van der Waals surface area contributed by atoms with Crippen LogP contribution in [0.5, 0.6) is 0 Å². The van der Waals surface area contributed by atoms with Gasteiger partial charge in [0.2, 0.25) is 5.96 Å². The van der Waals surface area contributed by atoms with E-state index in [0.29, 0.717) is 5.96 Å². The summed E-state index contributed by atoms with van der Waals surface area (Å²) in [5.41, 5.74) is 12.4. The number of rotatable bonds is 2. The van der Waals surface area contributed by atoms with Crippen molar-refractivity contribution >= 4 is 72.0 Å². The molecule has 0 radical (unpaired) electrons. The molecule has 0 fully saturated rings. The van der Waals surface area contributed by atoms with Crippen LogP contribution in [-0.4, -0.2) is 16.4 Å². The number of aromatic nitrogens is 1. The second-order valence-electron chi connectivity index (χ2n) is 15.8. The van der Waals surface area contributed by atoms with Gasteiger partial charge in [-0.25, -0.2) is 4.99 Å². The molecule has 1 aliphatic heterocycles. The number of para-hydroxylation sites is 1. The Hall–Kier alpha value is -6.78. The number of hydrogen-bond donors (Lipinski definition) is 1. The standard InChI is InChI=1S/C51H36N4/c1-51(2)43-20-9-7-17-37(43)40-28-34-16-11-19-39-45(34)42(46(40)51)29-41-38-18-8-10-21-44(38)55(47(39)41)50-53-48(35-24-22-30-12-3-5-14-32(30)26-35)52-49(54-50)36-25-23-31-13-4-6-15-33(31)27-36/h3-18,20-29,48H,19H2,1-2H3,(H,52,53,54). The van der Waals surface area contributed by atoms with Crippen LogP contribution in [-0.2, 0) is 11.8 Å². The molecule has 0 saturated carbocycles. The molecule has 9 aromatic rings. The van der Waals surface area contributed by atoms with E-state index in [1.54, 1.807) is 0 Å². The van der Waals surface area contributed by atoms with Crippen LogP contribution in [0.1, 0.15) is 53.4 Å². The number of allylic oxidation sites excluding steroid dienone is 1. The lowest BCUT2D eigenvalue weighted by Gasteiger charge is -2.27. The van der Waals surface area contributed by atoms with E-state index in [1.807, 2.05) is 0 Å². The zero-order valence-corrected chi connectivity index (χ0v) is 30.6. The van der Waals surface area contributed by atoms with Crippen LogP contribution in [0.4, 0.5) is 0 Å². The van der Waals surface area contributed by atoms with Crippen LogP contribution < -0.4 is 5.32 Å². The van der Waals surface area contributed by atoms with Crippen molar-refractivity contribution in [3.63, 3.8) is 0 Å². The van der Waals surface area contributed by atoms with Gasteiger partial charge in [0.1, 0.15) is 12.0 Å². The first-order valence-electron chi connectivity index (χ1n) is 19.3.